The average molecular weight is 433 g/mol. The maximum absolute atomic E-state index is 12.4. The molecule has 1 saturated heterocycles. The standard InChI is InChI=1S/C25H25ClN4O/c1-17-13-25(31)30(18(2)28-17)22-7-8-24(23(26)15-22)29-11-9-19(10-12-29)14-20-5-3-4-6-21(20)16-27/h3-8,13,15,19H,9-12,14H2,1-2H3. The van der Waals surface area contributed by atoms with Crippen LogP contribution >= 0.6 is 11.6 Å². The number of anilines is 1. The van der Waals surface area contributed by atoms with Gasteiger partial charge in [0.1, 0.15) is 5.82 Å². The predicted molar refractivity (Wildman–Crippen MR) is 124 cm³/mol. The molecule has 0 N–H and O–H groups in total. The number of halogens is 1. The third kappa shape index (κ3) is 4.50. The Kier molecular flexibility index (Phi) is 6.11. The molecule has 1 aliphatic rings. The van der Waals surface area contributed by atoms with Crippen LogP contribution in [0.3, 0.4) is 0 Å². The molecule has 5 nitrogen and oxygen atoms in total. The van der Waals surface area contributed by atoms with Gasteiger partial charge in [-0.15, -0.1) is 0 Å². The van der Waals surface area contributed by atoms with Crippen molar-refractivity contribution >= 4 is 17.3 Å². The Bertz CT molecular complexity index is 1200. The van der Waals surface area contributed by atoms with Crippen LogP contribution in [0.2, 0.25) is 5.02 Å². The van der Waals surface area contributed by atoms with Gasteiger partial charge < -0.3 is 4.90 Å². The zero-order valence-corrected chi connectivity index (χ0v) is 18.6. The van der Waals surface area contributed by atoms with Gasteiger partial charge in [0.25, 0.3) is 5.56 Å². The molecule has 0 spiro atoms. The molecule has 158 valence electrons. The molecule has 4 rings (SSSR count). The van der Waals surface area contributed by atoms with E-state index in [1.54, 1.807) is 4.57 Å². The molecule has 6 heteroatoms. The van der Waals surface area contributed by atoms with Gasteiger partial charge in [-0.05, 0) is 68.9 Å². The van der Waals surface area contributed by atoms with E-state index in [1.807, 2.05) is 50.2 Å². The van der Waals surface area contributed by atoms with E-state index in [1.165, 1.54) is 6.07 Å². The second kappa shape index (κ2) is 8.95. The molecule has 1 aromatic heterocycles. The highest BCUT2D eigenvalue weighted by atomic mass is 35.5. The normalized spacial score (nSPS) is 14.5. The Morgan fingerprint density at radius 3 is 2.55 bits per heavy atom. The van der Waals surface area contributed by atoms with E-state index in [0.717, 1.165) is 54.9 Å². The Balaban J connectivity index is 1.47. The van der Waals surface area contributed by atoms with Crippen molar-refractivity contribution in [1.82, 2.24) is 9.55 Å². The summed E-state index contributed by atoms with van der Waals surface area (Å²) in [6, 6.07) is 17.5. The maximum atomic E-state index is 12.4. The van der Waals surface area contributed by atoms with Crippen molar-refractivity contribution < 1.29 is 0 Å². The van der Waals surface area contributed by atoms with Gasteiger partial charge in [0.15, 0.2) is 0 Å². The maximum Gasteiger partial charge on any atom is 0.258 e. The second-order valence-corrected chi connectivity index (χ2v) is 8.56. The Hall–Kier alpha value is -3.10. The van der Waals surface area contributed by atoms with Gasteiger partial charge in [-0.3, -0.25) is 9.36 Å². The van der Waals surface area contributed by atoms with Gasteiger partial charge in [0.2, 0.25) is 0 Å². The molecule has 0 radical (unpaired) electrons. The van der Waals surface area contributed by atoms with Crippen LogP contribution in [0.25, 0.3) is 5.69 Å². The highest BCUT2D eigenvalue weighted by Crippen LogP contribution is 2.32. The summed E-state index contributed by atoms with van der Waals surface area (Å²) < 4.78 is 1.58. The summed E-state index contributed by atoms with van der Waals surface area (Å²) in [4.78, 5) is 19.1. The molecular weight excluding hydrogens is 408 g/mol. The molecule has 1 aliphatic heterocycles. The van der Waals surface area contributed by atoms with Crippen molar-refractivity contribution in [3.8, 4) is 11.8 Å². The summed E-state index contributed by atoms with van der Waals surface area (Å²) in [5, 5.41) is 9.96. The number of hydrogen-bond acceptors (Lipinski definition) is 4. The van der Waals surface area contributed by atoms with Gasteiger partial charge in [0.05, 0.1) is 28.0 Å². The lowest BCUT2D eigenvalue weighted by atomic mass is 9.88. The highest BCUT2D eigenvalue weighted by Gasteiger charge is 2.22. The van der Waals surface area contributed by atoms with Crippen molar-refractivity contribution in [2.24, 2.45) is 5.92 Å². The summed E-state index contributed by atoms with van der Waals surface area (Å²) in [6.07, 6.45) is 3.05. The number of benzene rings is 2. The Morgan fingerprint density at radius 2 is 1.87 bits per heavy atom. The lowest BCUT2D eigenvalue weighted by Crippen LogP contribution is -2.34. The van der Waals surface area contributed by atoms with Crippen LogP contribution in [0.15, 0.2) is 53.3 Å². The average Bonchev–Trinajstić information content (AvgIpc) is 2.74. The third-order valence-corrected chi connectivity index (χ3v) is 6.31. The fraction of sp³-hybridized carbons (Fsp3) is 0.320. The first-order valence-electron chi connectivity index (χ1n) is 10.6. The minimum atomic E-state index is -0.104. The highest BCUT2D eigenvalue weighted by molar-refractivity contribution is 6.33. The molecule has 0 aliphatic carbocycles. The number of aromatic nitrogens is 2. The van der Waals surface area contributed by atoms with Gasteiger partial charge in [-0.1, -0.05) is 29.8 Å². The van der Waals surface area contributed by atoms with Gasteiger partial charge in [-0.25, -0.2) is 4.98 Å². The summed E-state index contributed by atoms with van der Waals surface area (Å²) in [6.45, 7) is 5.48. The topological polar surface area (TPSA) is 61.9 Å². The summed E-state index contributed by atoms with van der Waals surface area (Å²) in [5.41, 5.74) is 4.24. The van der Waals surface area contributed by atoms with E-state index in [-0.39, 0.29) is 5.56 Å². The van der Waals surface area contributed by atoms with Crippen molar-refractivity contribution in [2.45, 2.75) is 33.1 Å². The molecule has 0 atom stereocenters. The number of rotatable bonds is 4. The molecule has 0 unspecified atom stereocenters. The van der Waals surface area contributed by atoms with Crippen molar-refractivity contribution in [3.63, 3.8) is 0 Å². The second-order valence-electron chi connectivity index (χ2n) is 8.16. The molecule has 2 aromatic carbocycles. The third-order valence-electron chi connectivity index (χ3n) is 6.01. The number of hydrogen-bond donors (Lipinski definition) is 0. The van der Waals surface area contributed by atoms with Crippen molar-refractivity contribution in [2.75, 3.05) is 18.0 Å². The minimum Gasteiger partial charge on any atom is -0.370 e. The summed E-state index contributed by atoms with van der Waals surface area (Å²) in [7, 11) is 0. The molecule has 3 aromatic rings. The Morgan fingerprint density at radius 1 is 1.13 bits per heavy atom. The molecule has 0 saturated carbocycles. The first-order valence-corrected chi connectivity index (χ1v) is 10.9. The zero-order valence-electron chi connectivity index (χ0n) is 17.8. The van der Waals surface area contributed by atoms with E-state index >= 15 is 0 Å². The van der Waals surface area contributed by atoms with Gasteiger partial charge in [0, 0.05) is 24.8 Å². The van der Waals surface area contributed by atoms with Crippen molar-refractivity contribution in [3.05, 3.63) is 86.6 Å². The van der Waals surface area contributed by atoms with Crippen LogP contribution < -0.4 is 10.5 Å². The van der Waals surface area contributed by atoms with Crippen molar-refractivity contribution in [1.29, 1.82) is 5.26 Å². The lowest BCUT2D eigenvalue weighted by molar-refractivity contribution is 0.403. The molecule has 0 bridgehead atoms. The van der Waals surface area contributed by atoms with E-state index in [4.69, 9.17) is 11.6 Å². The summed E-state index contributed by atoms with van der Waals surface area (Å²) in [5.74, 6) is 1.20. The smallest absolute Gasteiger partial charge is 0.258 e. The fourth-order valence-corrected chi connectivity index (χ4v) is 4.74. The molecule has 2 heterocycles. The molecule has 1 fully saturated rings. The zero-order chi connectivity index (χ0) is 22.0. The van der Waals surface area contributed by atoms with E-state index in [9.17, 15) is 10.1 Å². The van der Waals surface area contributed by atoms with Crippen LogP contribution in [-0.4, -0.2) is 22.6 Å². The molecule has 0 amide bonds. The van der Waals surface area contributed by atoms with Crippen LogP contribution in [-0.2, 0) is 6.42 Å². The van der Waals surface area contributed by atoms with Crippen LogP contribution in [0.4, 0.5) is 5.69 Å². The van der Waals surface area contributed by atoms with Crippen LogP contribution in [0.5, 0.6) is 0 Å². The van der Waals surface area contributed by atoms with Gasteiger partial charge in [-0.2, -0.15) is 5.26 Å². The monoisotopic (exact) mass is 432 g/mol. The van der Waals surface area contributed by atoms with E-state index < -0.39 is 0 Å². The molecular formula is C25H25ClN4O. The first kappa shape index (κ1) is 21.1. The molecule has 31 heavy (non-hydrogen) atoms. The van der Waals surface area contributed by atoms with E-state index in [2.05, 4.69) is 22.0 Å². The number of piperidine rings is 1. The fourth-order valence-electron chi connectivity index (χ4n) is 4.44. The van der Waals surface area contributed by atoms with Crippen LogP contribution in [0, 0.1) is 31.1 Å². The number of nitrogens with zero attached hydrogens (tertiary/aromatic N) is 4. The van der Waals surface area contributed by atoms with Gasteiger partial charge >= 0.3 is 0 Å². The Labute approximate surface area is 187 Å². The largest absolute Gasteiger partial charge is 0.370 e. The summed E-state index contributed by atoms with van der Waals surface area (Å²) >= 11 is 6.64. The number of aryl methyl sites for hydroxylation is 2. The lowest BCUT2D eigenvalue weighted by Gasteiger charge is -2.34. The minimum absolute atomic E-state index is 0.104. The predicted octanol–water partition coefficient (Wildman–Crippen LogP) is 4.83. The first-order chi connectivity index (χ1) is 15.0. The van der Waals surface area contributed by atoms with E-state index in [0.29, 0.717) is 22.5 Å². The van der Waals surface area contributed by atoms with Crippen LogP contribution in [0.1, 0.15) is 35.5 Å². The number of nitriles is 1. The quantitative estimate of drug-likeness (QED) is 0.592. The SMILES string of the molecule is Cc1cc(=O)n(-c2ccc(N3CCC(Cc4ccccc4C#N)CC3)c(Cl)c2)c(C)n1.